The van der Waals surface area contributed by atoms with E-state index in [0.717, 1.165) is 29.4 Å². The van der Waals surface area contributed by atoms with E-state index >= 15 is 0 Å². The van der Waals surface area contributed by atoms with Gasteiger partial charge in [0.05, 0.1) is 5.02 Å². The molecular formula is C15H17ClN2S. The fraction of sp³-hybridized carbons (Fsp3) is 0.267. The molecule has 0 amide bonds. The summed E-state index contributed by atoms with van der Waals surface area (Å²) in [5.41, 5.74) is 1.30. The molecule has 1 heterocycles. The maximum atomic E-state index is 6.10. The van der Waals surface area contributed by atoms with Crippen LogP contribution in [-0.2, 0) is 6.54 Å². The molecule has 0 saturated heterocycles. The quantitative estimate of drug-likeness (QED) is 0.800. The molecule has 1 aromatic heterocycles. The summed E-state index contributed by atoms with van der Waals surface area (Å²) in [5, 5.41) is 4.93. The Kier molecular flexibility index (Phi) is 5.70. The first-order valence-electron chi connectivity index (χ1n) is 6.37. The summed E-state index contributed by atoms with van der Waals surface area (Å²) in [5.74, 6) is 0. The van der Waals surface area contributed by atoms with Crippen molar-refractivity contribution >= 4 is 23.4 Å². The predicted octanol–water partition coefficient (Wildman–Crippen LogP) is 4.39. The Morgan fingerprint density at radius 2 is 2.00 bits per heavy atom. The lowest BCUT2D eigenvalue weighted by atomic mass is 10.2. The number of halogens is 1. The van der Waals surface area contributed by atoms with Crippen molar-refractivity contribution in [3.8, 4) is 0 Å². The van der Waals surface area contributed by atoms with E-state index in [1.807, 2.05) is 12.1 Å². The van der Waals surface area contributed by atoms with Gasteiger partial charge >= 0.3 is 0 Å². The summed E-state index contributed by atoms with van der Waals surface area (Å²) in [7, 11) is 0. The predicted molar refractivity (Wildman–Crippen MR) is 81.8 cm³/mol. The standard InChI is InChI=1S/C15H17ClN2S/c1-2-9-17-11-12-5-7-13(8-6-12)19-15-14(16)4-3-10-18-15/h3-8,10,17H,2,9,11H2,1H3. The van der Waals surface area contributed by atoms with Crippen LogP contribution in [0.2, 0.25) is 5.02 Å². The molecule has 1 N–H and O–H groups in total. The van der Waals surface area contributed by atoms with Crippen LogP contribution in [0.15, 0.2) is 52.5 Å². The average molecular weight is 293 g/mol. The lowest BCUT2D eigenvalue weighted by Gasteiger charge is -2.05. The Bertz CT molecular complexity index is 514. The van der Waals surface area contributed by atoms with Gasteiger partial charge in [-0.15, -0.1) is 0 Å². The first-order valence-corrected chi connectivity index (χ1v) is 7.57. The van der Waals surface area contributed by atoms with Gasteiger partial charge < -0.3 is 5.32 Å². The third kappa shape index (κ3) is 4.53. The van der Waals surface area contributed by atoms with Crippen molar-refractivity contribution in [1.82, 2.24) is 10.3 Å². The molecule has 0 bridgehead atoms. The SMILES string of the molecule is CCCNCc1ccc(Sc2ncccc2Cl)cc1. The number of rotatable bonds is 6. The number of hydrogen-bond donors (Lipinski definition) is 1. The lowest BCUT2D eigenvalue weighted by molar-refractivity contribution is 0.675. The fourth-order valence-corrected chi connectivity index (χ4v) is 2.65. The molecule has 0 radical (unpaired) electrons. The molecule has 0 atom stereocenters. The molecule has 0 saturated carbocycles. The third-order valence-electron chi connectivity index (χ3n) is 2.62. The van der Waals surface area contributed by atoms with Crippen LogP contribution in [0.1, 0.15) is 18.9 Å². The van der Waals surface area contributed by atoms with Gasteiger partial charge in [0.1, 0.15) is 5.03 Å². The molecule has 1 aromatic carbocycles. The van der Waals surface area contributed by atoms with E-state index in [1.54, 1.807) is 18.0 Å². The molecule has 0 aliphatic rings. The van der Waals surface area contributed by atoms with E-state index < -0.39 is 0 Å². The maximum Gasteiger partial charge on any atom is 0.119 e. The Morgan fingerprint density at radius 1 is 1.21 bits per heavy atom. The van der Waals surface area contributed by atoms with E-state index in [9.17, 15) is 0 Å². The number of nitrogens with one attached hydrogen (secondary N) is 1. The molecule has 0 unspecified atom stereocenters. The largest absolute Gasteiger partial charge is 0.313 e. The number of nitrogens with zero attached hydrogens (tertiary/aromatic N) is 1. The van der Waals surface area contributed by atoms with Gasteiger partial charge in [0, 0.05) is 17.6 Å². The van der Waals surface area contributed by atoms with Crippen molar-refractivity contribution in [3.63, 3.8) is 0 Å². The molecule has 0 aliphatic heterocycles. The molecule has 100 valence electrons. The highest BCUT2D eigenvalue weighted by Crippen LogP contribution is 2.31. The van der Waals surface area contributed by atoms with E-state index in [4.69, 9.17) is 11.6 Å². The van der Waals surface area contributed by atoms with Crippen LogP contribution in [0, 0.1) is 0 Å². The van der Waals surface area contributed by atoms with E-state index in [0.29, 0.717) is 5.02 Å². The van der Waals surface area contributed by atoms with Gasteiger partial charge in [-0.1, -0.05) is 42.4 Å². The second-order valence-corrected chi connectivity index (χ2v) is 5.68. The highest BCUT2D eigenvalue weighted by molar-refractivity contribution is 7.99. The fourth-order valence-electron chi connectivity index (χ4n) is 1.64. The van der Waals surface area contributed by atoms with Crippen LogP contribution in [0.3, 0.4) is 0 Å². The van der Waals surface area contributed by atoms with Crippen molar-refractivity contribution in [2.24, 2.45) is 0 Å². The average Bonchev–Trinajstić information content (AvgIpc) is 2.44. The minimum absolute atomic E-state index is 0.696. The van der Waals surface area contributed by atoms with Crippen LogP contribution in [0.25, 0.3) is 0 Å². The van der Waals surface area contributed by atoms with Crippen LogP contribution in [0.5, 0.6) is 0 Å². The van der Waals surface area contributed by atoms with E-state index in [-0.39, 0.29) is 0 Å². The van der Waals surface area contributed by atoms with Gasteiger partial charge in [-0.25, -0.2) is 4.98 Å². The number of benzene rings is 1. The van der Waals surface area contributed by atoms with Crippen LogP contribution in [-0.4, -0.2) is 11.5 Å². The van der Waals surface area contributed by atoms with E-state index in [1.165, 1.54) is 5.56 Å². The minimum atomic E-state index is 0.696. The summed E-state index contributed by atoms with van der Waals surface area (Å²) >= 11 is 7.68. The minimum Gasteiger partial charge on any atom is -0.313 e. The Balaban J connectivity index is 1.97. The summed E-state index contributed by atoms with van der Waals surface area (Å²) in [4.78, 5) is 5.43. The zero-order chi connectivity index (χ0) is 13.5. The Morgan fingerprint density at radius 3 is 2.68 bits per heavy atom. The zero-order valence-corrected chi connectivity index (χ0v) is 12.5. The van der Waals surface area contributed by atoms with Gasteiger partial charge in [-0.2, -0.15) is 0 Å². The Hall–Kier alpha value is -1.03. The second kappa shape index (κ2) is 7.53. The molecular weight excluding hydrogens is 276 g/mol. The van der Waals surface area contributed by atoms with Gasteiger partial charge in [0.15, 0.2) is 0 Å². The van der Waals surface area contributed by atoms with Gasteiger partial charge in [0.25, 0.3) is 0 Å². The maximum absolute atomic E-state index is 6.10. The molecule has 2 aromatic rings. The molecule has 2 rings (SSSR count). The van der Waals surface area contributed by atoms with Crippen LogP contribution >= 0.6 is 23.4 Å². The topological polar surface area (TPSA) is 24.9 Å². The number of aromatic nitrogens is 1. The van der Waals surface area contributed by atoms with Crippen LogP contribution in [0.4, 0.5) is 0 Å². The third-order valence-corrected chi connectivity index (χ3v) is 4.06. The molecule has 19 heavy (non-hydrogen) atoms. The second-order valence-electron chi connectivity index (χ2n) is 4.21. The Labute approximate surface area is 123 Å². The first-order chi connectivity index (χ1) is 9.29. The molecule has 2 nitrogen and oxygen atoms in total. The molecule has 0 fully saturated rings. The lowest BCUT2D eigenvalue weighted by Crippen LogP contribution is -2.13. The summed E-state index contributed by atoms with van der Waals surface area (Å²) < 4.78 is 0. The smallest absolute Gasteiger partial charge is 0.119 e. The normalized spacial score (nSPS) is 10.6. The van der Waals surface area contributed by atoms with Gasteiger partial charge in [-0.05, 0) is 42.8 Å². The number of pyridine rings is 1. The molecule has 4 heteroatoms. The monoisotopic (exact) mass is 292 g/mol. The highest BCUT2D eigenvalue weighted by Gasteiger charge is 2.03. The summed E-state index contributed by atoms with van der Waals surface area (Å²) in [6.45, 7) is 4.15. The van der Waals surface area contributed by atoms with Gasteiger partial charge in [-0.3, -0.25) is 0 Å². The van der Waals surface area contributed by atoms with E-state index in [2.05, 4.69) is 41.5 Å². The van der Waals surface area contributed by atoms with Crippen molar-refractivity contribution in [3.05, 3.63) is 53.2 Å². The summed E-state index contributed by atoms with van der Waals surface area (Å²) in [6.07, 6.45) is 2.92. The highest BCUT2D eigenvalue weighted by atomic mass is 35.5. The van der Waals surface area contributed by atoms with Crippen molar-refractivity contribution in [1.29, 1.82) is 0 Å². The number of hydrogen-bond acceptors (Lipinski definition) is 3. The zero-order valence-electron chi connectivity index (χ0n) is 10.9. The van der Waals surface area contributed by atoms with Crippen LogP contribution < -0.4 is 5.32 Å². The van der Waals surface area contributed by atoms with Crippen molar-refractivity contribution in [2.45, 2.75) is 29.8 Å². The first kappa shape index (κ1) is 14.4. The van der Waals surface area contributed by atoms with Crippen molar-refractivity contribution < 1.29 is 0 Å². The summed E-state index contributed by atoms with van der Waals surface area (Å²) in [6, 6.07) is 12.2. The molecule has 0 spiro atoms. The van der Waals surface area contributed by atoms with Gasteiger partial charge in [0.2, 0.25) is 0 Å². The van der Waals surface area contributed by atoms with Crippen molar-refractivity contribution in [2.75, 3.05) is 6.54 Å². The molecule has 0 aliphatic carbocycles.